The van der Waals surface area contributed by atoms with Crippen LogP contribution in [0.15, 0.2) is 36.0 Å². The smallest absolute Gasteiger partial charge is 0.118 e. The standard InChI is InChI=1S/C20H30O4/c1-13-5-6-17-19(4,21)9-8-16(24-17)14(2)7-10-20(22)15(3)12-23-18(20)11-13/h11,16-18,21-22H,2-3,5-10,12H2,1,4H3. The number of rotatable bonds is 0. The van der Waals surface area contributed by atoms with E-state index in [4.69, 9.17) is 9.47 Å². The Morgan fingerprint density at radius 2 is 1.92 bits per heavy atom. The molecule has 134 valence electrons. The second kappa shape index (κ2) is 6.41. The molecule has 0 aromatic carbocycles. The molecule has 0 spiro atoms. The Morgan fingerprint density at radius 1 is 1.17 bits per heavy atom. The third kappa shape index (κ3) is 3.25. The number of aliphatic hydroxyl groups is 2. The van der Waals surface area contributed by atoms with Crippen LogP contribution in [0, 0.1) is 0 Å². The maximum Gasteiger partial charge on any atom is 0.118 e. The summed E-state index contributed by atoms with van der Waals surface area (Å²) in [6.07, 6.45) is 5.69. The lowest BCUT2D eigenvalue weighted by Crippen LogP contribution is -2.48. The molecule has 4 nitrogen and oxygen atoms in total. The van der Waals surface area contributed by atoms with Crippen molar-refractivity contribution in [1.29, 1.82) is 0 Å². The van der Waals surface area contributed by atoms with Crippen LogP contribution in [0.2, 0.25) is 0 Å². The van der Waals surface area contributed by atoms with E-state index in [0.29, 0.717) is 25.9 Å². The predicted octanol–water partition coefficient (Wildman–Crippen LogP) is 3.05. The highest BCUT2D eigenvalue weighted by Gasteiger charge is 2.45. The molecular formula is C20H30O4. The SMILES string of the molecule is C=C1CCC2(O)C(=C)COC2C=C(C)CCC2OC1CCC2(C)O. The maximum atomic E-state index is 11.1. The van der Waals surface area contributed by atoms with Crippen LogP contribution in [-0.4, -0.2) is 46.3 Å². The molecule has 0 aliphatic carbocycles. The number of hydrogen-bond acceptors (Lipinski definition) is 4. The van der Waals surface area contributed by atoms with Crippen molar-refractivity contribution < 1.29 is 19.7 Å². The molecule has 0 saturated carbocycles. The van der Waals surface area contributed by atoms with E-state index < -0.39 is 11.2 Å². The van der Waals surface area contributed by atoms with Crippen molar-refractivity contribution in [2.45, 2.75) is 81.9 Å². The molecule has 3 rings (SSSR count). The van der Waals surface area contributed by atoms with Gasteiger partial charge in [0, 0.05) is 0 Å². The molecule has 2 saturated heterocycles. The molecule has 0 amide bonds. The molecule has 2 fully saturated rings. The average Bonchev–Trinajstić information content (AvgIpc) is 2.79. The van der Waals surface area contributed by atoms with E-state index in [9.17, 15) is 10.2 Å². The van der Waals surface area contributed by atoms with Crippen LogP contribution in [0.1, 0.15) is 52.4 Å². The van der Waals surface area contributed by atoms with Gasteiger partial charge in [-0.15, -0.1) is 0 Å². The second-order valence-corrected chi connectivity index (χ2v) is 7.98. The van der Waals surface area contributed by atoms with Crippen LogP contribution in [0.5, 0.6) is 0 Å². The molecular weight excluding hydrogens is 304 g/mol. The summed E-state index contributed by atoms with van der Waals surface area (Å²) in [5.74, 6) is 0. The van der Waals surface area contributed by atoms with Crippen LogP contribution >= 0.6 is 0 Å². The highest BCUT2D eigenvalue weighted by Crippen LogP contribution is 2.40. The van der Waals surface area contributed by atoms with Crippen molar-refractivity contribution in [2.24, 2.45) is 0 Å². The molecule has 5 unspecified atom stereocenters. The maximum absolute atomic E-state index is 11.1. The average molecular weight is 334 g/mol. The van der Waals surface area contributed by atoms with Gasteiger partial charge in [0.1, 0.15) is 11.7 Å². The van der Waals surface area contributed by atoms with E-state index in [1.807, 2.05) is 19.9 Å². The minimum Gasteiger partial charge on any atom is -0.387 e. The summed E-state index contributed by atoms with van der Waals surface area (Å²) in [6.45, 7) is 12.5. The summed E-state index contributed by atoms with van der Waals surface area (Å²) >= 11 is 0. The minimum absolute atomic E-state index is 0.0448. The number of fused-ring (bicyclic) bond motifs is 3. The van der Waals surface area contributed by atoms with Crippen molar-refractivity contribution in [1.82, 2.24) is 0 Å². The zero-order valence-electron chi connectivity index (χ0n) is 14.9. The van der Waals surface area contributed by atoms with Gasteiger partial charge in [-0.2, -0.15) is 0 Å². The first-order valence-corrected chi connectivity index (χ1v) is 8.97. The quantitative estimate of drug-likeness (QED) is 0.669. The van der Waals surface area contributed by atoms with Crippen LogP contribution in [-0.2, 0) is 9.47 Å². The van der Waals surface area contributed by atoms with Gasteiger partial charge >= 0.3 is 0 Å². The molecule has 0 radical (unpaired) electrons. The zero-order chi connectivity index (χ0) is 17.5. The summed E-state index contributed by atoms with van der Waals surface area (Å²) in [5, 5.41) is 21.8. The van der Waals surface area contributed by atoms with E-state index in [1.165, 1.54) is 0 Å². The summed E-state index contributed by atoms with van der Waals surface area (Å²) < 4.78 is 12.0. The first-order chi connectivity index (χ1) is 11.2. The van der Waals surface area contributed by atoms with Gasteiger partial charge in [-0.25, -0.2) is 0 Å². The molecule has 5 atom stereocenters. The van der Waals surface area contributed by atoms with Gasteiger partial charge in [0.25, 0.3) is 0 Å². The fourth-order valence-electron chi connectivity index (χ4n) is 4.05. The summed E-state index contributed by atoms with van der Waals surface area (Å²) in [6, 6.07) is 0. The third-order valence-corrected chi connectivity index (χ3v) is 5.97. The summed E-state index contributed by atoms with van der Waals surface area (Å²) in [4.78, 5) is 0. The Labute approximate surface area is 144 Å². The number of allylic oxidation sites excluding steroid dienone is 1. The zero-order valence-corrected chi connectivity index (χ0v) is 14.9. The van der Waals surface area contributed by atoms with E-state index in [2.05, 4.69) is 13.2 Å². The molecule has 4 heteroatoms. The molecule has 2 bridgehead atoms. The van der Waals surface area contributed by atoms with Crippen LogP contribution in [0.3, 0.4) is 0 Å². The van der Waals surface area contributed by atoms with Gasteiger partial charge in [0.2, 0.25) is 0 Å². The second-order valence-electron chi connectivity index (χ2n) is 7.98. The largest absolute Gasteiger partial charge is 0.387 e. The van der Waals surface area contributed by atoms with Gasteiger partial charge in [0.15, 0.2) is 0 Å². The summed E-state index contributed by atoms with van der Waals surface area (Å²) in [5.41, 5.74) is 1.06. The predicted molar refractivity (Wildman–Crippen MR) is 93.7 cm³/mol. The molecule has 3 heterocycles. The van der Waals surface area contributed by atoms with Crippen molar-refractivity contribution in [3.63, 3.8) is 0 Å². The fourth-order valence-corrected chi connectivity index (χ4v) is 4.05. The molecule has 0 aromatic heterocycles. The first kappa shape index (κ1) is 17.9. The summed E-state index contributed by atoms with van der Waals surface area (Å²) in [7, 11) is 0. The van der Waals surface area contributed by atoms with Crippen LogP contribution in [0.4, 0.5) is 0 Å². The minimum atomic E-state index is -1.02. The molecule has 3 aliphatic heterocycles. The highest BCUT2D eigenvalue weighted by atomic mass is 16.5. The first-order valence-electron chi connectivity index (χ1n) is 8.97. The van der Waals surface area contributed by atoms with Crippen molar-refractivity contribution in [3.05, 3.63) is 36.0 Å². The monoisotopic (exact) mass is 334 g/mol. The third-order valence-electron chi connectivity index (χ3n) is 5.97. The van der Waals surface area contributed by atoms with Gasteiger partial charge in [-0.1, -0.05) is 24.8 Å². The molecule has 24 heavy (non-hydrogen) atoms. The lowest BCUT2D eigenvalue weighted by atomic mass is 9.80. The van der Waals surface area contributed by atoms with Gasteiger partial charge in [-0.3, -0.25) is 0 Å². The Bertz CT molecular complexity index is 562. The Kier molecular flexibility index (Phi) is 4.77. The number of ether oxygens (including phenoxy) is 2. The van der Waals surface area contributed by atoms with E-state index >= 15 is 0 Å². The van der Waals surface area contributed by atoms with Crippen molar-refractivity contribution >= 4 is 0 Å². The Balaban J connectivity index is 1.88. The number of hydrogen-bond donors (Lipinski definition) is 2. The highest BCUT2D eigenvalue weighted by molar-refractivity contribution is 5.27. The van der Waals surface area contributed by atoms with Gasteiger partial charge in [-0.05, 0) is 63.5 Å². The van der Waals surface area contributed by atoms with Crippen molar-refractivity contribution in [3.8, 4) is 0 Å². The van der Waals surface area contributed by atoms with Crippen molar-refractivity contribution in [2.75, 3.05) is 6.61 Å². The van der Waals surface area contributed by atoms with E-state index in [0.717, 1.165) is 36.0 Å². The molecule has 2 N–H and O–H groups in total. The fraction of sp³-hybridized carbons (Fsp3) is 0.700. The Morgan fingerprint density at radius 3 is 2.67 bits per heavy atom. The topological polar surface area (TPSA) is 58.9 Å². The lowest BCUT2D eigenvalue weighted by molar-refractivity contribution is -0.160. The van der Waals surface area contributed by atoms with E-state index in [-0.39, 0.29) is 18.3 Å². The normalized spacial score (nSPS) is 44.3. The van der Waals surface area contributed by atoms with Gasteiger partial charge < -0.3 is 19.7 Å². The Hall–Kier alpha value is -0.940. The lowest BCUT2D eigenvalue weighted by Gasteiger charge is -2.42. The molecule has 3 aliphatic rings. The molecule has 0 aromatic rings. The van der Waals surface area contributed by atoms with Gasteiger partial charge in [0.05, 0.1) is 24.4 Å². The van der Waals surface area contributed by atoms with E-state index in [1.54, 1.807) is 0 Å². The van der Waals surface area contributed by atoms with Crippen LogP contribution in [0.25, 0.3) is 0 Å². The van der Waals surface area contributed by atoms with Crippen LogP contribution < -0.4 is 0 Å².